The van der Waals surface area contributed by atoms with Crippen molar-refractivity contribution in [1.82, 2.24) is 14.9 Å². The largest absolute Gasteiger partial charge is 0.493 e. The number of nitrogens with zero attached hydrogens (tertiary/aromatic N) is 1. The lowest BCUT2D eigenvalue weighted by atomic mass is 10.0. The van der Waals surface area contributed by atoms with Gasteiger partial charge in [-0.15, -0.1) is 0 Å². The van der Waals surface area contributed by atoms with Gasteiger partial charge in [0.2, 0.25) is 21.8 Å². The number of urea groups is 2. The van der Waals surface area contributed by atoms with Gasteiger partial charge >= 0.3 is 24.0 Å². The first-order chi connectivity index (χ1) is 41.1. The zero-order chi connectivity index (χ0) is 62.5. The molecule has 0 saturated carbocycles. The number of carbonyl (C=O) groups excluding carboxylic acids is 6. The molecule has 0 radical (unpaired) electrons. The second-order valence-corrected chi connectivity index (χ2v) is 22.0. The SMILES string of the molecule is CCCCS(=O)(=O)NC(CCCc1ccc2c(c1)C(=O)N(C)C(c1ccc(NC(=O)Nc3ccccc3C)cc1)C(=O)N2)C(=O)O.COc1ccc([C@H](CC(=O)O)NC(=O)CCC(=O)Nc2ccc(NC(=O)Nc3ccccc3C)cc2)cc1OC. The van der Waals surface area contributed by atoms with Crippen molar-refractivity contribution in [1.29, 1.82) is 0 Å². The molecule has 6 aromatic rings. The van der Waals surface area contributed by atoms with Crippen molar-refractivity contribution in [2.24, 2.45) is 0 Å². The number of unbranched alkanes of at least 4 members (excludes halogenated alkanes) is 1. The lowest BCUT2D eigenvalue weighted by Gasteiger charge is -2.25. The fraction of sp³-hybridized carbons (Fsp3) is 0.290. The zero-order valence-corrected chi connectivity index (χ0v) is 49.3. The number of ether oxygens (including phenoxy) is 2. The quantitative estimate of drug-likeness (QED) is 0.0255. The van der Waals surface area contributed by atoms with Crippen LogP contribution < -0.4 is 51.4 Å². The average Bonchev–Trinajstić information content (AvgIpc) is 3.81. The first-order valence-corrected chi connectivity index (χ1v) is 29.2. The summed E-state index contributed by atoms with van der Waals surface area (Å²) in [5.74, 6) is -3.26. The van der Waals surface area contributed by atoms with Crippen LogP contribution in [-0.4, -0.2) is 104 Å². The molecular formula is C62H71N9O14S. The van der Waals surface area contributed by atoms with Crippen molar-refractivity contribution < 1.29 is 66.5 Å². The number of para-hydroxylation sites is 2. The number of hydrogen-bond acceptors (Lipinski definition) is 12. The van der Waals surface area contributed by atoms with Crippen LogP contribution in [0.3, 0.4) is 0 Å². The van der Waals surface area contributed by atoms with Crippen molar-refractivity contribution in [2.45, 2.75) is 90.3 Å². The summed E-state index contributed by atoms with van der Waals surface area (Å²) in [6.45, 7) is 5.63. The molecule has 0 saturated heterocycles. The molecule has 0 bridgehead atoms. The molecule has 24 heteroatoms. The van der Waals surface area contributed by atoms with Crippen LogP contribution in [0.15, 0.2) is 133 Å². The van der Waals surface area contributed by atoms with Crippen molar-refractivity contribution in [3.63, 3.8) is 0 Å². The number of aryl methyl sites for hydroxylation is 3. The van der Waals surface area contributed by atoms with E-state index in [9.17, 15) is 57.0 Å². The zero-order valence-electron chi connectivity index (χ0n) is 48.4. The Kier molecular flexibility index (Phi) is 23.7. The van der Waals surface area contributed by atoms with Crippen LogP contribution in [-0.2, 0) is 40.4 Å². The van der Waals surface area contributed by atoms with Gasteiger partial charge < -0.3 is 61.8 Å². The number of amides is 8. The van der Waals surface area contributed by atoms with E-state index >= 15 is 0 Å². The third kappa shape index (κ3) is 19.4. The summed E-state index contributed by atoms with van der Waals surface area (Å²) >= 11 is 0. The summed E-state index contributed by atoms with van der Waals surface area (Å²) in [6.07, 6.45) is 1.32. The van der Waals surface area contributed by atoms with E-state index in [2.05, 4.69) is 41.9 Å². The predicted octanol–water partition coefficient (Wildman–Crippen LogP) is 9.61. The van der Waals surface area contributed by atoms with Gasteiger partial charge in [-0.2, -0.15) is 0 Å². The predicted molar refractivity (Wildman–Crippen MR) is 327 cm³/mol. The average molecular weight is 1200 g/mol. The normalized spacial score (nSPS) is 13.4. The molecule has 454 valence electrons. The molecule has 3 atom stereocenters. The third-order valence-electron chi connectivity index (χ3n) is 13.7. The van der Waals surface area contributed by atoms with E-state index in [1.54, 1.807) is 97.1 Å². The van der Waals surface area contributed by atoms with E-state index in [-0.39, 0.29) is 42.9 Å². The highest BCUT2D eigenvalue weighted by Gasteiger charge is 2.35. The molecule has 7 rings (SSSR count). The number of anilines is 6. The van der Waals surface area contributed by atoms with Gasteiger partial charge in [-0.25, -0.2) is 22.7 Å². The van der Waals surface area contributed by atoms with Crippen molar-refractivity contribution in [2.75, 3.05) is 58.9 Å². The smallest absolute Gasteiger partial charge is 0.323 e. The number of fused-ring (bicyclic) bond motifs is 1. The minimum atomic E-state index is -3.71. The molecule has 1 aliphatic rings. The Morgan fingerprint density at radius 2 is 1.22 bits per heavy atom. The molecule has 10 N–H and O–H groups in total. The summed E-state index contributed by atoms with van der Waals surface area (Å²) in [7, 11) is 0.770. The molecular weight excluding hydrogens is 1130 g/mol. The van der Waals surface area contributed by atoms with Gasteiger partial charge in [-0.05, 0) is 140 Å². The molecule has 0 spiro atoms. The summed E-state index contributed by atoms with van der Waals surface area (Å²) in [5, 5.41) is 38.1. The molecule has 1 heterocycles. The Labute approximate surface area is 498 Å². The Morgan fingerprint density at radius 1 is 0.663 bits per heavy atom. The van der Waals surface area contributed by atoms with E-state index < -0.39 is 69.9 Å². The molecule has 0 fully saturated rings. The number of nitrogens with one attached hydrogen (secondary N) is 8. The molecule has 1 aliphatic heterocycles. The maximum absolute atomic E-state index is 13.6. The van der Waals surface area contributed by atoms with E-state index in [0.29, 0.717) is 82.4 Å². The summed E-state index contributed by atoms with van der Waals surface area (Å²) in [6, 6.07) is 34.1. The van der Waals surface area contributed by atoms with Crippen LogP contribution in [0.4, 0.5) is 43.7 Å². The van der Waals surface area contributed by atoms with Gasteiger partial charge in [0.15, 0.2) is 11.5 Å². The van der Waals surface area contributed by atoms with Gasteiger partial charge in [0.25, 0.3) is 11.8 Å². The Balaban J connectivity index is 0.000000278. The van der Waals surface area contributed by atoms with Crippen molar-refractivity contribution >= 4 is 91.8 Å². The topological polar surface area (TPSA) is 329 Å². The molecule has 86 heavy (non-hydrogen) atoms. The highest BCUT2D eigenvalue weighted by Crippen LogP contribution is 2.33. The number of sulfonamides is 1. The number of carboxylic acid groups (broad SMARTS) is 2. The fourth-order valence-electron chi connectivity index (χ4n) is 9.04. The third-order valence-corrected chi connectivity index (χ3v) is 15.1. The van der Waals surface area contributed by atoms with E-state index in [0.717, 1.165) is 16.7 Å². The number of aliphatic carboxylic acids is 2. The molecule has 2 unspecified atom stereocenters. The number of carbonyl (C=O) groups is 8. The highest BCUT2D eigenvalue weighted by atomic mass is 32.2. The Bertz CT molecular complexity index is 3530. The van der Waals surface area contributed by atoms with Crippen LogP contribution in [0.1, 0.15) is 102 Å². The van der Waals surface area contributed by atoms with Crippen molar-refractivity contribution in [3.05, 3.63) is 167 Å². The number of methoxy groups -OCH3 is 2. The van der Waals surface area contributed by atoms with Gasteiger partial charge in [-0.3, -0.25) is 28.8 Å². The van der Waals surface area contributed by atoms with Crippen LogP contribution in [0, 0.1) is 13.8 Å². The maximum Gasteiger partial charge on any atom is 0.323 e. The van der Waals surface area contributed by atoms with E-state index in [1.165, 1.54) is 26.2 Å². The van der Waals surface area contributed by atoms with Gasteiger partial charge in [-0.1, -0.05) is 74.0 Å². The molecule has 6 aromatic carbocycles. The maximum atomic E-state index is 13.6. The number of hydrogen-bond donors (Lipinski definition) is 10. The summed E-state index contributed by atoms with van der Waals surface area (Å²) in [4.78, 5) is 101. The fourth-order valence-corrected chi connectivity index (χ4v) is 10.5. The number of benzene rings is 6. The molecule has 0 aliphatic carbocycles. The molecule has 23 nitrogen and oxygen atoms in total. The Hall–Kier alpha value is -9.81. The second kappa shape index (κ2) is 31.2. The van der Waals surface area contributed by atoms with Gasteiger partial charge in [0.05, 0.1) is 43.7 Å². The Morgan fingerprint density at radius 3 is 1.77 bits per heavy atom. The van der Waals surface area contributed by atoms with E-state index in [4.69, 9.17) is 9.47 Å². The minimum Gasteiger partial charge on any atom is -0.493 e. The van der Waals surface area contributed by atoms with Crippen LogP contribution in [0.25, 0.3) is 0 Å². The van der Waals surface area contributed by atoms with Crippen LogP contribution >= 0.6 is 0 Å². The standard InChI is InChI=1S/C33H39N5O7S.C29H32N4O7/c1-4-5-19-46(44,45)37-28(32(41)42)12-8-10-22-13-18-27-25(20-22)31(40)38(3)29(30(39)35-27)23-14-16-24(17-15-23)34-33(43)36-26-11-7-6-9-21(26)2;1-18-6-4-5-7-22(18)33-29(38)31-21-11-9-20(10-12-21)30-26(34)14-15-27(35)32-23(17-28(36)37)19-8-13-24(39-2)25(16-19)40-3/h6-7,9,11,13-18,20,28-29,37H,4-5,8,10,12,19H2,1-3H3,(H,35,39)(H,41,42)(H2,34,36,43);4-13,16,23H,14-15,17H2,1-3H3,(H,30,34)(H,32,35)(H,36,37)(H2,31,33,38)/t;23-/m.0/s1. The van der Waals surface area contributed by atoms with Gasteiger partial charge in [0, 0.05) is 48.3 Å². The number of rotatable bonds is 25. The molecule has 0 aromatic heterocycles. The lowest BCUT2D eigenvalue weighted by Crippen LogP contribution is -2.41. The first-order valence-electron chi connectivity index (χ1n) is 27.5. The minimum absolute atomic E-state index is 0.0723. The summed E-state index contributed by atoms with van der Waals surface area (Å²) in [5.41, 5.74) is 7.22. The lowest BCUT2D eigenvalue weighted by molar-refractivity contribution is -0.139. The van der Waals surface area contributed by atoms with E-state index in [1.807, 2.05) is 57.2 Å². The van der Waals surface area contributed by atoms with Crippen molar-refractivity contribution in [3.8, 4) is 11.5 Å². The van der Waals surface area contributed by atoms with Gasteiger partial charge in [0.1, 0.15) is 12.1 Å². The first kappa shape index (κ1) is 65.3. The summed E-state index contributed by atoms with van der Waals surface area (Å²) < 4.78 is 37.2. The highest BCUT2D eigenvalue weighted by molar-refractivity contribution is 7.89. The monoisotopic (exact) mass is 1200 g/mol. The second-order valence-electron chi connectivity index (χ2n) is 20.1. The van der Waals surface area contributed by atoms with Crippen LogP contribution in [0.5, 0.6) is 11.5 Å². The molecule has 8 amide bonds. The van der Waals surface area contributed by atoms with Crippen LogP contribution in [0.2, 0.25) is 0 Å². The number of likely N-dealkylation sites (N-methyl/N-ethyl adjacent to an activating group) is 1. The number of carboxylic acids is 2.